The Morgan fingerprint density at radius 2 is 1.76 bits per heavy atom. The fraction of sp³-hybridized carbons (Fsp3) is 0.400. The van der Waals surface area contributed by atoms with E-state index in [4.69, 9.17) is 5.11 Å². The van der Waals surface area contributed by atoms with Gasteiger partial charge in [-0.1, -0.05) is 12.1 Å². The molecule has 0 aliphatic carbocycles. The number of benzene rings is 1. The standard InChI is InChI=1S/C15H20N2O4/c1-16-15(21)12-8-6-11(7-9-12)10-17(2)13(18)4-3-5-14(19)20/h6-9H,3-5,10H2,1-2H3,(H,16,21)(H,19,20). The lowest BCUT2D eigenvalue weighted by atomic mass is 10.1. The first-order valence-corrected chi connectivity index (χ1v) is 6.71. The molecule has 0 saturated heterocycles. The third-order valence-corrected chi connectivity index (χ3v) is 3.07. The Kier molecular flexibility index (Phi) is 6.39. The molecule has 0 bridgehead atoms. The van der Waals surface area contributed by atoms with Gasteiger partial charge in [0.25, 0.3) is 5.91 Å². The Bertz CT molecular complexity index is 511. The summed E-state index contributed by atoms with van der Waals surface area (Å²) in [4.78, 5) is 35.2. The number of nitrogens with zero attached hydrogens (tertiary/aromatic N) is 1. The van der Waals surface area contributed by atoms with Gasteiger partial charge in [-0.25, -0.2) is 0 Å². The lowest BCUT2D eigenvalue weighted by Crippen LogP contribution is -2.26. The molecule has 6 nitrogen and oxygen atoms in total. The zero-order chi connectivity index (χ0) is 15.8. The normalized spacial score (nSPS) is 10.0. The summed E-state index contributed by atoms with van der Waals surface area (Å²) >= 11 is 0. The number of rotatable bonds is 7. The molecule has 0 heterocycles. The molecule has 0 atom stereocenters. The predicted octanol–water partition coefficient (Wildman–Crippen LogP) is 1.26. The molecular formula is C15H20N2O4. The van der Waals surface area contributed by atoms with Crippen molar-refractivity contribution in [2.75, 3.05) is 14.1 Å². The minimum absolute atomic E-state index is 0.000403. The predicted molar refractivity (Wildman–Crippen MR) is 77.8 cm³/mol. The van der Waals surface area contributed by atoms with E-state index in [9.17, 15) is 14.4 Å². The van der Waals surface area contributed by atoms with Gasteiger partial charge in [-0.05, 0) is 24.1 Å². The molecule has 0 spiro atoms. The second-order valence-corrected chi connectivity index (χ2v) is 4.77. The fourth-order valence-electron chi connectivity index (χ4n) is 1.85. The van der Waals surface area contributed by atoms with Gasteiger partial charge >= 0.3 is 5.97 Å². The van der Waals surface area contributed by atoms with Crippen molar-refractivity contribution >= 4 is 17.8 Å². The number of aliphatic carboxylic acids is 1. The largest absolute Gasteiger partial charge is 0.481 e. The van der Waals surface area contributed by atoms with Crippen molar-refractivity contribution in [2.24, 2.45) is 0 Å². The topological polar surface area (TPSA) is 86.7 Å². The van der Waals surface area contributed by atoms with Crippen molar-refractivity contribution in [2.45, 2.75) is 25.8 Å². The van der Waals surface area contributed by atoms with Gasteiger partial charge in [0, 0.05) is 39.0 Å². The molecule has 1 aromatic carbocycles. The zero-order valence-corrected chi connectivity index (χ0v) is 12.3. The van der Waals surface area contributed by atoms with Crippen molar-refractivity contribution in [3.05, 3.63) is 35.4 Å². The van der Waals surface area contributed by atoms with Crippen LogP contribution in [0.4, 0.5) is 0 Å². The van der Waals surface area contributed by atoms with Crippen LogP contribution in [0.1, 0.15) is 35.2 Å². The average Bonchev–Trinajstić information content (AvgIpc) is 2.46. The Morgan fingerprint density at radius 3 is 2.29 bits per heavy atom. The molecule has 0 aliphatic heterocycles. The molecule has 0 aliphatic rings. The van der Waals surface area contributed by atoms with E-state index in [-0.39, 0.29) is 24.7 Å². The highest BCUT2D eigenvalue weighted by Gasteiger charge is 2.10. The minimum Gasteiger partial charge on any atom is -0.481 e. The molecule has 2 N–H and O–H groups in total. The fourth-order valence-corrected chi connectivity index (χ4v) is 1.85. The van der Waals surface area contributed by atoms with Crippen LogP contribution in [0.25, 0.3) is 0 Å². The van der Waals surface area contributed by atoms with Crippen LogP contribution in [0.5, 0.6) is 0 Å². The number of carbonyl (C=O) groups is 3. The maximum absolute atomic E-state index is 11.8. The van der Waals surface area contributed by atoms with Gasteiger partial charge in [0.05, 0.1) is 0 Å². The van der Waals surface area contributed by atoms with Gasteiger partial charge in [-0.2, -0.15) is 0 Å². The molecule has 2 amide bonds. The quantitative estimate of drug-likeness (QED) is 0.792. The molecule has 0 fully saturated rings. The first kappa shape index (κ1) is 16.7. The number of nitrogens with one attached hydrogen (secondary N) is 1. The van der Waals surface area contributed by atoms with Gasteiger partial charge < -0.3 is 15.3 Å². The Morgan fingerprint density at radius 1 is 1.14 bits per heavy atom. The van der Waals surface area contributed by atoms with Crippen LogP contribution >= 0.6 is 0 Å². The molecule has 1 aromatic rings. The molecule has 0 saturated carbocycles. The monoisotopic (exact) mass is 292 g/mol. The molecular weight excluding hydrogens is 272 g/mol. The molecule has 0 radical (unpaired) electrons. The van der Waals surface area contributed by atoms with Gasteiger partial charge in [-0.15, -0.1) is 0 Å². The number of carboxylic acids is 1. The van der Waals surface area contributed by atoms with E-state index >= 15 is 0 Å². The van der Waals surface area contributed by atoms with Crippen LogP contribution in [0.15, 0.2) is 24.3 Å². The summed E-state index contributed by atoms with van der Waals surface area (Å²) in [5.74, 6) is -1.14. The van der Waals surface area contributed by atoms with E-state index in [0.29, 0.717) is 18.5 Å². The SMILES string of the molecule is CNC(=O)c1ccc(CN(C)C(=O)CCCC(=O)O)cc1. The van der Waals surface area contributed by atoms with E-state index in [1.807, 2.05) is 0 Å². The van der Waals surface area contributed by atoms with Crippen molar-refractivity contribution in [3.8, 4) is 0 Å². The van der Waals surface area contributed by atoms with Gasteiger partial charge in [0.1, 0.15) is 0 Å². The van der Waals surface area contributed by atoms with Gasteiger partial charge in [-0.3, -0.25) is 14.4 Å². The van der Waals surface area contributed by atoms with Crippen LogP contribution in [0, 0.1) is 0 Å². The highest BCUT2D eigenvalue weighted by atomic mass is 16.4. The number of amides is 2. The Hall–Kier alpha value is -2.37. The molecule has 6 heteroatoms. The van der Waals surface area contributed by atoms with E-state index in [2.05, 4.69) is 5.32 Å². The summed E-state index contributed by atoms with van der Waals surface area (Å²) in [5, 5.41) is 11.1. The van der Waals surface area contributed by atoms with Crippen molar-refractivity contribution in [1.82, 2.24) is 10.2 Å². The highest BCUT2D eigenvalue weighted by Crippen LogP contribution is 2.08. The third-order valence-electron chi connectivity index (χ3n) is 3.07. The summed E-state index contributed by atoms with van der Waals surface area (Å²) in [6, 6.07) is 7.00. The molecule has 0 unspecified atom stereocenters. The van der Waals surface area contributed by atoms with E-state index in [0.717, 1.165) is 5.56 Å². The summed E-state index contributed by atoms with van der Waals surface area (Å²) in [6.07, 6.45) is 0.563. The molecule has 114 valence electrons. The average molecular weight is 292 g/mol. The minimum atomic E-state index is -0.893. The molecule has 0 aromatic heterocycles. The molecule has 21 heavy (non-hydrogen) atoms. The Balaban J connectivity index is 2.50. The van der Waals surface area contributed by atoms with Crippen molar-refractivity contribution in [3.63, 3.8) is 0 Å². The second kappa shape index (κ2) is 8.04. The number of hydrogen-bond donors (Lipinski definition) is 2. The summed E-state index contributed by atoms with van der Waals surface area (Å²) in [6.45, 7) is 0.430. The van der Waals surface area contributed by atoms with Crippen LogP contribution in [-0.2, 0) is 16.1 Å². The maximum atomic E-state index is 11.8. The van der Waals surface area contributed by atoms with E-state index in [1.54, 1.807) is 43.3 Å². The third kappa shape index (κ3) is 5.64. The van der Waals surface area contributed by atoms with Gasteiger partial charge in [0.2, 0.25) is 5.91 Å². The lowest BCUT2D eigenvalue weighted by Gasteiger charge is -2.17. The van der Waals surface area contributed by atoms with Crippen LogP contribution < -0.4 is 5.32 Å². The van der Waals surface area contributed by atoms with Crippen LogP contribution in [0.3, 0.4) is 0 Å². The smallest absolute Gasteiger partial charge is 0.303 e. The van der Waals surface area contributed by atoms with Crippen molar-refractivity contribution < 1.29 is 19.5 Å². The number of hydrogen-bond acceptors (Lipinski definition) is 3. The lowest BCUT2D eigenvalue weighted by molar-refractivity contribution is -0.137. The van der Waals surface area contributed by atoms with Crippen LogP contribution in [-0.4, -0.2) is 41.9 Å². The van der Waals surface area contributed by atoms with E-state index < -0.39 is 5.97 Å². The first-order valence-electron chi connectivity index (χ1n) is 6.71. The second-order valence-electron chi connectivity index (χ2n) is 4.77. The van der Waals surface area contributed by atoms with Crippen molar-refractivity contribution in [1.29, 1.82) is 0 Å². The summed E-state index contributed by atoms with van der Waals surface area (Å²) < 4.78 is 0. The Labute approximate surface area is 123 Å². The summed E-state index contributed by atoms with van der Waals surface area (Å²) in [7, 11) is 3.25. The van der Waals surface area contributed by atoms with Crippen LogP contribution in [0.2, 0.25) is 0 Å². The highest BCUT2D eigenvalue weighted by molar-refractivity contribution is 5.93. The molecule has 1 rings (SSSR count). The summed E-state index contributed by atoms with van der Waals surface area (Å²) in [5.41, 5.74) is 1.48. The first-order chi connectivity index (χ1) is 9.93. The van der Waals surface area contributed by atoms with Gasteiger partial charge in [0.15, 0.2) is 0 Å². The van der Waals surface area contributed by atoms with E-state index in [1.165, 1.54) is 0 Å². The number of carboxylic acid groups (broad SMARTS) is 1. The maximum Gasteiger partial charge on any atom is 0.303 e. The number of carbonyl (C=O) groups excluding carboxylic acids is 2. The zero-order valence-electron chi connectivity index (χ0n) is 12.3.